The third-order valence-corrected chi connectivity index (χ3v) is 6.26. The molecule has 1 amide bonds. The van der Waals surface area contributed by atoms with Crippen molar-refractivity contribution in [2.75, 3.05) is 7.11 Å². The average Bonchev–Trinajstić information content (AvgIpc) is 2.81. The molecule has 4 nitrogen and oxygen atoms in total. The Labute approximate surface area is 160 Å². The van der Waals surface area contributed by atoms with Gasteiger partial charge in [0.1, 0.15) is 5.54 Å². The maximum Gasteiger partial charge on any atom is 0.254 e. The SMILES string of the molecule is CC.COC1CCC2(CC1)NC(=O)C(Cl)(C1=C(Cl)C=CC(C)C1)C2=O. The summed E-state index contributed by atoms with van der Waals surface area (Å²) in [6.07, 6.45) is 6.94. The lowest BCUT2D eigenvalue weighted by molar-refractivity contribution is -0.126. The molecule has 25 heavy (non-hydrogen) atoms. The van der Waals surface area contributed by atoms with Gasteiger partial charge in [0.2, 0.25) is 4.87 Å². The molecule has 140 valence electrons. The Bertz CT molecular complexity index is 606. The molecule has 2 fully saturated rings. The molecule has 0 radical (unpaired) electrons. The number of hydrogen-bond donors (Lipinski definition) is 1. The summed E-state index contributed by atoms with van der Waals surface area (Å²) in [7, 11) is 1.67. The number of hydrogen-bond acceptors (Lipinski definition) is 3. The first-order chi connectivity index (χ1) is 11.8. The van der Waals surface area contributed by atoms with Gasteiger partial charge in [0, 0.05) is 12.1 Å². The molecule has 0 bridgehead atoms. The molecule has 0 aromatic rings. The van der Waals surface area contributed by atoms with Gasteiger partial charge >= 0.3 is 0 Å². The van der Waals surface area contributed by atoms with E-state index in [1.165, 1.54) is 0 Å². The van der Waals surface area contributed by atoms with Gasteiger partial charge in [-0.15, -0.1) is 0 Å². The summed E-state index contributed by atoms with van der Waals surface area (Å²) in [6, 6.07) is 0. The normalized spacial score (nSPS) is 37.8. The van der Waals surface area contributed by atoms with Crippen LogP contribution in [0.15, 0.2) is 22.8 Å². The molecule has 2 unspecified atom stereocenters. The van der Waals surface area contributed by atoms with E-state index in [4.69, 9.17) is 27.9 Å². The molecule has 3 rings (SSSR count). The van der Waals surface area contributed by atoms with Crippen molar-refractivity contribution in [2.24, 2.45) is 5.92 Å². The molecule has 1 saturated heterocycles. The lowest BCUT2D eigenvalue weighted by atomic mass is 9.74. The second-order valence-electron chi connectivity index (χ2n) is 6.83. The van der Waals surface area contributed by atoms with Crippen LogP contribution in [0.5, 0.6) is 0 Å². The van der Waals surface area contributed by atoms with E-state index in [1.54, 1.807) is 13.2 Å². The van der Waals surface area contributed by atoms with Crippen molar-refractivity contribution in [3.63, 3.8) is 0 Å². The van der Waals surface area contributed by atoms with Gasteiger partial charge in [-0.2, -0.15) is 0 Å². The minimum absolute atomic E-state index is 0.135. The minimum Gasteiger partial charge on any atom is -0.381 e. The van der Waals surface area contributed by atoms with Crippen LogP contribution in [0.1, 0.15) is 52.9 Å². The Morgan fingerprint density at radius 3 is 2.40 bits per heavy atom. The van der Waals surface area contributed by atoms with E-state index in [0.717, 1.165) is 12.8 Å². The predicted molar refractivity (Wildman–Crippen MR) is 101 cm³/mol. The molecule has 3 aliphatic rings. The first-order valence-corrected chi connectivity index (χ1v) is 9.75. The van der Waals surface area contributed by atoms with Gasteiger partial charge in [-0.1, -0.05) is 50.0 Å². The Hall–Kier alpha value is -0.840. The van der Waals surface area contributed by atoms with Gasteiger partial charge in [0.15, 0.2) is 5.78 Å². The van der Waals surface area contributed by atoms with Crippen LogP contribution in [0.25, 0.3) is 0 Å². The number of methoxy groups -OCH3 is 1. The van der Waals surface area contributed by atoms with E-state index in [1.807, 2.05) is 26.8 Å². The Kier molecular flexibility index (Phi) is 6.40. The molecule has 0 aromatic heterocycles. The second kappa shape index (κ2) is 7.81. The summed E-state index contributed by atoms with van der Waals surface area (Å²) in [4.78, 5) is 24.2. The third kappa shape index (κ3) is 3.41. The van der Waals surface area contributed by atoms with Crippen LogP contribution in [0.4, 0.5) is 0 Å². The topological polar surface area (TPSA) is 55.4 Å². The number of ether oxygens (including phenoxy) is 1. The molecular formula is C19H27Cl2NO3. The number of alkyl halides is 1. The third-order valence-electron chi connectivity index (χ3n) is 5.33. The molecule has 0 aromatic carbocycles. The van der Waals surface area contributed by atoms with Crippen LogP contribution in [0, 0.1) is 5.92 Å². The van der Waals surface area contributed by atoms with Crippen molar-refractivity contribution in [2.45, 2.75) is 69.4 Å². The predicted octanol–water partition coefficient (Wildman–Crippen LogP) is 4.11. The molecular weight excluding hydrogens is 361 g/mol. The van der Waals surface area contributed by atoms with Gasteiger partial charge < -0.3 is 10.1 Å². The van der Waals surface area contributed by atoms with E-state index in [9.17, 15) is 9.59 Å². The van der Waals surface area contributed by atoms with Crippen molar-refractivity contribution in [1.29, 1.82) is 0 Å². The Morgan fingerprint density at radius 2 is 1.84 bits per heavy atom. The van der Waals surface area contributed by atoms with E-state index in [0.29, 0.717) is 29.9 Å². The maximum absolute atomic E-state index is 13.2. The lowest BCUT2D eigenvalue weighted by Crippen LogP contribution is -2.51. The zero-order valence-electron chi connectivity index (χ0n) is 15.3. The summed E-state index contributed by atoms with van der Waals surface area (Å²) in [5.41, 5.74) is -0.341. The number of amides is 1. The van der Waals surface area contributed by atoms with Crippen LogP contribution >= 0.6 is 23.2 Å². The zero-order chi connectivity index (χ0) is 18.8. The largest absolute Gasteiger partial charge is 0.381 e. The van der Waals surface area contributed by atoms with Crippen molar-refractivity contribution in [1.82, 2.24) is 5.32 Å². The van der Waals surface area contributed by atoms with Gasteiger partial charge in [-0.3, -0.25) is 9.59 Å². The van der Waals surface area contributed by atoms with Gasteiger partial charge in [-0.25, -0.2) is 0 Å². The minimum atomic E-state index is -1.67. The number of carbonyl (C=O) groups excluding carboxylic acids is 2. The molecule has 1 aliphatic heterocycles. The number of ketones is 1. The highest BCUT2D eigenvalue weighted by atomic mass is 35.5. The first kappa shape index (κ1) is 20.5. The monoisotopic (exact) mass is 387 g/mol. The number of carbonyl (C=O) groups is 2. The average molecular weight is 388 g/mol. The number of halogens is 2. The zero-order valence-corrected chi connectivity index (χ0v) is 16.8. The smallest absolute Gasteiger partial charge is 0.254 e. The van der Waals surface area contributed by atoms with Crippen LogP contribution < -0.4 is 5.32 Å². The van der Waals surface area contributed by atoms with E-state index in [2.05, 4.69) is 5.32 Å². The summed E-state index contributed by atoms with van der Waals surface area (Å²) >= 11 is 12.9. The van der Waals surface area contributed by atoms with Gasteiger partial charge in [-0.05, 0) is 49.7 Å². The van der Waals surface area contributed by atoms with E-state index >= 15 is 0 Å². The molecule has 6 heteroatoms. The highest BCUT2D eigenvalue weighted by Crippen LogP contribution is 2.47. The maximum atomic E-state index is 13.2. The summed E-state index contributed by atoms with van der Waals surface area (Å²) < 4.78 is 5.36. The standard InChI is InChI=1S/C17H21Cl2NO3.C2H6/c1-10-3-4-13(18)12(9-10)17(19)14(21)16(20-15(17)22)7-5-11(23-2)6-8-16;1-2/h3-4,10-11H,5-9H2,1-2H3,(H,20,22);1-2H3. The van der Waals surface area contributed by atoms with Gasteiger partial charge in [0.05, 0.1) is 6.10 Å². The number of allylic oxidation sites excluding steroid dienone is 3. The van der Waals surface area contributed by atoms with Crippen LogP contribution in [0.2, 0.25) is 0 Å². The first-order valence-electron chi connectivity index (χ1n) is 9.00. The Morgan fingerprint density at radius 1 is 1.24 bits per heavy atom. The Balaban J connectivity index is 0.00000109. The van der Waals surface area contributed by atoms with Crippen molar-refractivity contribution in [3.8, 4) is 0 Å². The molecule has 2 aliphatic carbocycles. The molecule has 2 atom stereocenters. The summed E-state index contributed by atoms with van der Waals surface area (Å²) in [6.45, 7) is 6.01. The van der Waals surface area contributed by atoms with Crippen LogP contribution in [0.3, 0.4) is 0 Å². The summed E-state index contributed by atoms with van der Waals surface area (Å²) in [5.74, 6) is -0.484. The quantitative estimate of drug-likeness (QED) is 0.572. The number of nitrogens with one attached hydrogen (secondary N) is 1. The fourth-order valence-electron chi connectivity index (χ4n) is 3.88. The van der Waals surface area contributed by atoms with Crippen LogP contribution in [-0.4, -0.2) is 35.3 Å². The van der Waals surface area contributed by atoms with E-state index in [-0.39, 0.29) is 17.8 Å². The van der Waals surface area contributed by atoms with Crippen molar-refractivity contribution >= 4 is 34.9 Å². The van der Waals surface area contributed by atoms with E-state index < -0.39 is 16.3 Å². The molecule has 1 spiro atoms. The molecule has 1 N–H and O–H groups in total. The lowest BCUT2D eigenvalue weighted by Gasteiger charge is -2.36. The fourth-order valence-corrected chi connectivity index (χ4v) is 4.63. The highest BCUT2D eigenvalue weighted by molar-refractivity contribution is 6.53. The van der Waals surface area contributed by atoms with Crippen LogP contribution in [-0.2, 0) is 14.3 Å². The van der Waals surface area contributed by atoms with Crippen molar-refractivity contribution in [3.05, 3.63) is 22.8 Å². The number of Topliss-reactive ketones (excluding diaryl/α,β-unsaturated/α-hetero) is 1. The van der Waals surface area contributed by atoms with Crippen molar-refractivity contribution < 1.29 is 14.3 Å². The summed E-state index contributed by atoms with van der Waals surface area (Å²) in [5, 5.41) is 3.30. The molecule has 1 saturated carbocycles. The fraction of sp³-hybridized carbons (Fsp3) is 0.684. The second-order valence-corrected chi connectivity index (χ2v) is 7.80. The van der Waals surface area contributed by atoms with Gasteiger partial charge in [0.25, 0.3) is 5.91 Å². The molecule has 1 heterocycles. The number of rotatable bonds is 2. The highest BCUT2D eigenvalue weighted by Gasteiger charge is 2.64.